The first-order chi connectivity index (χ1) is 35.4. The third-order valence-corrected chi connectivity index (χ3v) is 16.4. The molecule has 372 valence electrons. The first-order valence-electron chi connectivity index (χ1n) is 27.6. The third kappa shape index (κ3) is 7.79. The van der Waals surface area contributed by atoms with E-state index in [4.69, 9.17) is 4.74 Å². The highest BCUT2D eigenvalue weighted by molar-refractivity contribution is 6.99. The van der Waals surface area contributed by atoms with Crippen molar-refractivity contribution < 1.29 is 4.74 Å². The summed E-state index contributed by atoms with van der Waals surface area (Å²) in [5, 5.41) is 5.10. The minimum Gasteiger partial charge on any atom is -0.458 e. The summed E-state index contributed by atoms with van der Waals surface area (Å²) in [6, 6.07) is 56.3. The van der Waals surface area contributed by atoms with Gasteiger partial charge in [-0.25, -0.2) is 0 Å². The van der Waals surface area contributed by atoms with Crippen LogP contribution >= 0.6 is 0 Å². The molecule has 74 heavy (non-hydrogen) atoms. The molecule has 0 radical (unpaired) electrons. The van der Waals surface area contributed by atoms with Gasteiger partial charge < -0.3 is 18.8 Å². The number of hydrogen-bond donors (Lipinski definition) is 0. The molecule has 0 saturated carbocycles. The lowest BCUT2D eigenvalue weighted by Crippen LogP contribution is -2.59. The molecule has 8 aromatic carbocycles. The summed E-state index contributed by atoms with van der Waals surface area (Å²) < 4.78 is 12.4. The summed E-state index contributed by atoms with van der Waals surface area (Å²) in [7, 11) is 0. The predicted molar refractivity (Wildman–Crippen MR) is 319 cm³/mol. The van der Waals surface area contributed by atoms with Crippen LogP contribution in [0.4, 0.5) is 17.1 Å². The Labute approximate surface area is 440 Å². The Bertz CT molecular complexity index is 3850. The molecular formula is C69H72BN3O. The number of unbranched alkanes of at least 4 members (excludes halogenated alkanes) is 2. The average molecular weight is 970 g/mol. The van der Waals surface area contributed by atoms with Crippen molar-refractivity contribution in [2.45, 2.75) is 138 Å². The van der Waals surface area contributed by atoms with E-state index in [0.29, 0.717) is 0 Å². The topological polar surface area (TPSA) is 22.3 Å². The maximum atomic E-state index is 7.48. The zero-order chi connectivity index (χ0) is 51.6. The molecule has 0 atom stereocenters. The Kier molecular flexibility index (Phi) is 11.4. The van der Waals surface area contributed by atoms with Gasteiger partial charge in [0.15, 0.2) is 0 Å². The summed E-state index contributed by atoms with van der Waals surface area (Å²) in [4.78, 5) is 2.72. The van der Waals surface area contributed by atoms with E-state index in [0.717, 1.165) is 55.7 Å². The minimum atomic E-state index is -0.150. The van der Waals surface area contributed by atoms with Crippen molar-refractivity contribution in [2.24, 2.45) is 0 Å². The van der Waals surface area contributed by atoms with E-state index in [2.05, 4.69) is 243 Å². The van der Waals surface area contributed by atoms with Gasteiger partial charge in [-0.2, -0.15) is 0 Å². The van der Waals surface area contributed by atoms with Crippen molar-refractivity contribution in [2.75, 3.05) is 4.90 Å². The third-order valence-electron chi connectivity index (χ3n) is 16.4. The summed E-state index contributed by atoms with van der Waals surface area (Å²) >= 11 is 0. The smallest absolute Gasteiger partial charge is 0.256 e. The van der Waals surface area contributed by atoms with E-state index in [9.17, 15) is 0 Å². The Balaban J connectivity index is 1.15. The molecule has 0 fully saturated rings. The fraction of sp³-hybridized carbons (Fsp3) is 0.304. The number of ether oxygens (including phenoxy) is 1. The highest BCUT2D eigenvalue weighted by Gasteiger charge is 2.44. The van der Waals surface area contributed by atoms with Crippen LogP contribution in [0.15, 0.2) is 146 Å². The van der Waals surface area contributed by atoms with Crippen LogP contribution in [-0.4, -0.2) is 15.8 Å². The molecule has 2 aliphatic heterocycles. The van der Waals surface area contributed by atoms with Crippen LogP contribution in [0.2, 0.25) is 0 Å². The van der Waals surface area contributed by atoms with Gasteiger partial charge in [0.2, 0.25) is 0 Å². The first-order valence-corrected chi connectivity index (χ1v) is 27.6. The number of hydrogen-bond acceptors (Lipinski definition) is 2. The van der Waals surface area contributed by atoms with E-state index in [1.54, 1.807) is 0 Å². The number of rotatable bonds is 9. The molecule has 12 rings (SSSR count). The van der Waals surface area contributed by atoms with Crippen molar-refractivity contribution >= 4 is 83.8 Å². The average Bonchev–Trinajstić information content (AvgIpc) is 3.90. The fourth-order valence-electron chi connectivity index (χ4n) is 12.3. The van der Waals surface area contributed by atoms with E-state index in [1.165, 1.54) is 116 Å². The number of para-hydroxylation sites is 2. The Morgan fingerprint density at radius 3 is 1.57 bits per heavy atom. The molecule has 0 N–H and O–H groups in total. The summed E-state index contributed by atoms with van der Waals surface area (Å²) in [5.74, 6) is 1.87. The molecule has 0 unspecified atom stereocenters. The molecule has 4 nitrogen and oxygen atoms in total. The van der Waals surface area contributed by atoms with Gasteiger partial charge in [-0.05, 0) is 160 Å². The zero-order valence-electron chi connectivity index (χ0n) is 45.9. The van der Waals surface area contributed by atoms with Gasteiger partial charge in [-0.3, -0.25) is 0 Å². The van der Waals surface area contributed by atoms with Crippen molar-refractivity contribution in [1.82, 2.24) is 9.13 Å². The molecule has 0 saturated heterocycles. The summed E-state index contributed by atoms with van der Waals surface area (Å²) in [5.41, 5.74) is 22.7. The summed E-state index contributed by atoms with van der Waals surface area (Å²) in [6.45, 7) is 27.9. The maximum Gasteiger partial charge on any atom is 0.256 e. The molecule has 4 heterocycles. The Morgan fingerprint density at radius 1 is 0.446 bits per heavy atom. The molecule has 5 heteroatoms. The van der Waals surface area contributed by atoms with Gasteiger partial charge in [-0.1, -0.05) is 167 Å². The van der Waals surface area contributed by atoms with Crippen LogP contribution < -0.4 is 26.0 Å². The van der Waals surface area contributed by atoms with E-state index in [1.807, 2.05) is 0 Å². The summed E-state index contributed by atoms with van der Waals surface area (Å²) in [6.07, 6.45) is 6.54. The minimum absolute atomic E-state index is 0.00370. The molecule has 0 amide bonds. The lowest BCUT2D eigenvalue weighted by Gasteiger charge is -2.43. The molecule has 2 aliphatic rings. The second kappa shape index (κ2) is 17.6. The lowest BCUT2D eigenvalue weighted by atomic mass is 9.34. The van der Waals surface area contributed by atoms with Gasteiger partial charge in [0.05, 0.1) is 27.8 Å². The molecule has 0 aliphatic carbocycles. The largest absolute Gasteiger partial charge is 0.458 e. The standard InChI is InChI=1S/C69H72BN3O/c1-13-15-21-44-36-47(68(7,8)9)37-45(22-16-14-2)66(44)73-61-41-49(71-57-25-19-17-23-51(57)53-35-43(3)27-33-59(53)71)29-31-55(61)70-56-32-30-50(42-63(56)74-64-40-48(69(10,11)12)39-62(73)65(64)70)72-58-26-20-18-24-52(58)54-38-46(67(4,5)6)28-34-60(54)72/h17-20,23-42H,13-16,21-22H2,1-12H3. The fourth-order valence-corrected chi connectivity index (χ4v) is 12.3. The molecule has 2 aromatic heterocycles. The lowest BCUT2D eigenvalue weighted by molar-refractivity contribution is 0.483. The van der Waals surface area contributed by atoms with Crippen molar-refractivity contribution in [3.05, 3.63) is 179 Å². The Morgan fingerprint density at radius 2 is 0.973 bits per heavy atom. The number of nitrogens with zero attached hydrogens (tertiary/aromatic N) is 3. The molecule has 0 bridgehead atoms. The van der Waals surface area contributed by atoms with Crippen LogP contribution in [-0.2, 0) is 29.1 Å². The van der Waals surface area contributed by atoms with Crippen LogP contribution in [0.3, 0.4) is 0 Å². The van der Waals surface area contributed by atoms with E-state index in [-0.39, 0.29) is 23.0 Å². The van der Waals surface area contributed by atoms with Crippen LogP contribution in [0.5, 0.6) is 11.5 Å². The van der Waals surface area contributed by atoms with Gasteiger partial charge >= 0.3 is 0 Å². The zero-order valence-corrected chi connectivity index (χ0v) is 45.9. The van der Waals surface area contributed by atoms with Crippen molar-refractivity contribution in [3.8, 4) is 22.9 Å². The molecule has 0 spiro atoms. The van der Waals surface area contributed by atoms with Crippen molar-refractivity contribution in [1.29, 1.82) is 0 Å². The molecule has 10 aromatic rings. The highest BCUT2D eigenvalue weighted by atomic mass is 16.5. The monoisotopic (exact) mass is 970 g/mol. The predicted octanol–water partition coefficient (Wildman–Crippen LogP) is 17.2. The second-order valence-electron chi connectivity index (χ2n) is 24.8. The van der Waals surface area contributed by atoms with Crippen LogP contribution in [0, 0.1) is 6.92 Å². The maximum absolute atomic E-state index is 7.48. The van der Waals surface area contributed by atoms with E-state index >= 15 is 0 Å². The quantitative estimate of drug-likeness (QED) is 0.135. The normalized spacial score (nSPS) is 13.5. The van der Waals surface area contributed by atoms with Crippen LogP contribution in [0.1, 0.15) is 135 Å². The van der Waals surface area contributed by atoms with Gasteiger partial charge in [-0.15, -0.1) is 0 Å². The number of anilines is 3. The Hall–Kier alpha value is -6.98. The number of aryl methyl sites for hydroxylation is 3. The second-order valence-corrected chi connectivity index (χ2v) is 24.8. The van der Waals surface area contributed by atoms with Crippen molar-refractivity contribution in [3.63, 3.8) is 0 Å². The highest BCUT2D eigenvalue weighted by Crippen LogP contribution is 2.48. The first kappa shape index (κ1) is 48.0. The van der Waals surface area contributed by atoms with Gasteiger partial charge in [0.1, 0.15) is 11.5 Å². The molecular weight excluding hydrogens is 898 g/mol. The number of benzene rings is 8. The SMILES string of the molecule is CCCCc1cc(C(C)(C)C)cc(CCCC)c1N1c2cc(-n3c4ccccc4c4cc(C)ccc43)ccc2B2c3ccc(-n4c5ccccc5c5cc(C(C)(C)C)ccc54)cc3Oc3cc(C(C)(C)C)cc1c32. The van der Waals surface area contributed by atoms with Gasteiger partial charge in [0.25, 0.3) is 6.71 Å². The number of aromatic nitrogens is 2. The van der Waals surface area contributed by atoms with Gasteiger partial charge in [0, 0.05) is 50.4 Å². The van der Waals surface area contributed by atoms with Crippen LogP contribution in [0.25, 0.3) is 55.0 Å². The van der Waals surface area contributed by atoms with E-state index < -0.39 is 0 Å². The number of fused-ring (bicyclic) bond motifs is 10.